The highest BCUT2D eigenvalue weighted by Gasteiger charge is 2.14. The molecule has 0 aliphatic rings. The van der Waals surface area contributed by atoms with Gasteiger partial charge in [0, 0.05) is 34.4 Å². The summed E-state index contributed by atoms with van der Waals surface area (Å²) >= 11 is 0. The topological polar surface area (TPSA) is 106 Å². The first kappa shape index (κ1) is 21.6. The monoisotopic (exact) mass is 438 g/mol. The second kappa shape index (κ2) is 9.70. The fourth-order valence-corrected chi connectivity index (χ4v) is 3.47. The van der Waals surface area contributed by atoms with Gasteiger partial charge < -0.3 is 20.4 Å². The number of phenolic OH excluding ortho intramolecular Hbond substituents is 4. The van der Waals surface area contributed by atoms with Crippen LogP contribution in [0.25, 0.3) is 0 Å². The van der Waals surface area contributed by atoms with E-state index in [1.807, 2.05) is 60.7 Å². The van der Waals surface area contributed by atoms with Gasteiger partial charge in [0.2, 0.25) is 0 Å². The molecule has 0 aliphatic carbocycles. The molecule has 0 aliphatic heterocycles. The van der Waals surface area contributed by atoms with Gasteiger partial charge in [-0.05, 0) is 24.3 Å². The maximum Gasteiger partial charge on any atom is 0.130 e. The Morgan fingerprint density at radius 1 is 0.515 bits per heavy atom. The second-order valence-corrected chi connectivity index (χ2v) is 7.29. The van der Waals surface area contributed by atoms with Gasteiger partial charge in [-0.15, -0.1) is 0 Å². The highest BCUT2D eigenvalue weighted by Crippen LogP contribution is 2.27. The van der Waals surface area contributed by atoms with E-state index in [4.69, 9.17) is 0 Å². The minimum absolute atomic E-state index is 0.00902. The van der Waals surface area contributed by atoms with E-state index in [9.17, 15) is 20.4 Å². The lowest BCUT2D eigenvalue weighted by atomic mass is 10.0. The number of hydrogen-bond donors (Lipinski definition) is 4. The minimum atomic E-state index is -0.0963. The summed E-state index contributed by atoms with van der Waals surface area (Å²) in [6.45, 7) is 0.00902. The molecule has 0 heterocycles. The Hall–Kier alpha value is -4.58. The van der Waals surface area contributed by atoms with Crippen molar-refractivity contribution in [2.24, 2.45) is 9.98 Å². The van der Waals surface area contributed by atoms with Crippen LogP contribution in [0, 0.1) is 0 Å². The average Bonchev–Trinajstić information content (AvgIpc) is 2.82. The highest BCUT2D eigenvalue weighted by atomic mass is 16.3. The molecular formula is C27H22N2O4. The zero-order chi connectivity index (χ0) is 23.2. The van der Waals surface area contributed by atoms with Gasteiger partial charge >= 0.3 is 0 Å². The second-order valence-electron chi connectivity index (χ2n) is 7.29. The molecule has 4 aromatic rings. The smallest absolute Gasteiger partial charge is 0.130 e. The van der Waals surface area contributed by atoms with Crippen LogP contribution >= 0.6 is 0 Å². The molecule has 0 radical (unpaired) electrons. The van der Waals surface area contributed by atoms with Gasteiger partial charge in [0.1, 0.15) is 29.7 Å². The molecule has 0 aromatic heterocycles. The molecule has 0 saturated carbocycles. The van der Waals surface area contributed by atoms with Gasteiger partial charge in [0.15, 0.2) is 0 Å². The molecule has 4 N–H and O–H groups in total. The first-order valence-electron chi connectivity index (χ1n) is 10.3. The quantitative estimate of drug-likeness (QED) is 0.323. The number of phenols is 4. The molecule has 0 unspecified atom stereocenters. The largest absolute Gasteiger partial charge is 0.508 e. The molecule has 6 nitrogen and oxygen atoms in total. The van der Waals surface area contributed by atoms with Crippen molar-refractivity contribution in [2.75, 3.05) is 6.67 Å². The summed E-state index contributed by atoms with van der Waals surface area (Å²) in [6, 6.07) is 27.5. The summed E-state index contributed by atoms with van der Waals surface area (Å²) < 4.78 is 0. The fraction of sp³-hybridized carbons (Fsp3) is 0.0370. The maximum atomic E-state index is 10.4. The minimum Gasteiger partial charge on any atom is -0.508 e. The van der Waals surface area contributed by atoms with Crippen molar-refractivity contribution in [2.45, 2.75) is 0 Å². The SMILES string of the molecule is Oc1ccc(/C(=N/C/N=C(\c2ccccc2)c2ccc(O)cc2O)c2ccccc2)c(O)c1. The predicted molar refractivity (Wildman–Crippen MR) is 129 cm³/mol. The van der Waals surface area contributed by atoms with E-state index in [2.05, 4.69) is 9.98 Å². The van der Waals surface area contributed by atoms with Gasteiger partial charge in [0.25, 0.3) is 0 Å². The molecule has 164 valence electrons. The zero-order valence-corrected chi connectivity index (χ0v) is 17.6. The molecule has 0 spiro atoms. The Kier molecular flexibility index (Phi) is 6.36. The Labute approximate surface area is 191 Å². The van der Waals surface area contributed by atoms with Crippen LogP contribution in [0.4, 0.5) is 0 Å². The van der Waals surface area contributed by atoms with Crippen molar-refractivity contribution in [1.29, 1.82) is 0 Å². The number of aromatic hydroxyl groups is 4. The summed E-state index contributed by atoms with van der Waals surface area (Å²) in [6.07, 6.45) is 0. The molecule has 0 amide bonds. The number of hydrogen-bond acceptors (Lipinski definition) is 6. The average molecular weight is 438 g/mol. The molecule has 0 fully saturated rings. The molecular weight excluding hydrogens is 416 g/mol. The van der Waals surface area contributed by atoms with Crippen molar-refractivity contribution in [3.8, 4) is 23.0 Å². The highest BCUT2D eigenvalue weighted by molar-refractivity contribution is 6.15. The van der Waals surface area contributed by atoms with E-state index in [-0.39, 0.29) is 29.7 Å². The third-order valence-electron chi connectivity index (χ3n) is 5.02. The summed E-state index contributed by atoms with van der Waals surface area (Å²) in [5.74, 6) is -0.284. The number of benzene rings is 4. The number of rotatable bonds is 6. The van der Waals surface area contributed by atoms with Crippen LogP contribution in [0.3, 0.4) is 0 Å². The molecule has 4 rings (SSSR count). The lowest BCUT2D eigenvalue weighted by molar-refractivity contribution is 0.449. The Morgan fingerprint density at radius 3 is 1.27 bits per heavy atom. The van der Waals surface area contributed by atoms with Crippen LogP contribution in [0.1, 0.15) is 22.3 Å². The third-order valence-corrected chi connectivity index (χ3v) is 5.02. The molecule has 0 atom stereocenters. The van der Waals surface area contributed by atoms with Crippen LogP contribution in [-0.4, -0.2) is 38.5 Å². The Balaban J connectivity index is 1.79. The maximum absolute atomic E-state index is 10.4. The lowest BCUT2D eigenvalue weighted by Crippen LogP contribution is -2.07. The standard InChI is InChI=1S/C27H22N2O4/c30-20-11-13-22(24(32)15-20)26(18-7-3-1-4-8-18)28-17-29-27(19-9-5-2-6-10-19)23-14-12-21(31)16-25(23)33/h1-16,30-33H,17H2/b28-26+,29-27+. The molecule has 4 aromatic carbocycles. The first-order chi connectivity index (χ1) is 16.0. The summed E-state index contributed by atoms with van der Waals surface area (Å²) in [5, 5.41) is 40.2. The van der Waals surface area contributed by atoms with Crippen molar-refractivity contribution >= 4 is 11.4 Å². The molecule has 33 heavy (non-hydrogen) atoms. The molecule has 0 bridgehead atoms. The van der Waals surface area contributed by atoms with Crippen LogP contribution in [-0.2, 0) is 0 Å². The predicted octanol–water partition coefficient (Wildman–Crippen LogP) is 4.84. The fourth-order valence-electron chi connectivity index (χ4n) is 3.47. The van der Waals surface area contributed by atoms with Gasteiger partial charge in [-0.3, -0.25) is 9.98 Å². The lowest BCUT2D eigenvalue weighted by Gasteiger charge is -2.11. The van der Waals surface area contributed by atoms with E-state index in [1.165, 1.54) is 24.3 Å². The number of aliphatic imine (C=N–C) groups is 2. The third kappa shape index (κ3) is 5.02. The number of nitrogens with zero attached hydrogens (tertiary/aromatic N) is 2. The normalized spacial score (nSPS) is 12.0. The van der Waals surface area contributed by atoms with Crippen LogP contribution < -0.4 is 0 Å². The van der Waals surface area contributed by atoms with E-state index in [1.54, 1.807) is 12.1 Å². The summed E-state index contributed by atoms with van der Waals surface area (Å²) in [4.78, 5) is 9.30. The van der Waals surface area contributed by atoms with Gasteiger partial charge in [0.05, 0.1) is 11.4 Å². The van der Waals surface area contributed by atoms with Crippen molar-refractivity contribution in [3.63, 3.8) is 0 Å². The summed E-state index contributed by atoms with van der Waals surface area (Å²) in [7, 11) is 0. The van der Waals surface area contributed by atoms with E-state index in [0.29, 0.717) is 22.6 Å². The molecule has 0 saturated heterocycles. The first-order valence-corrected chi connectivity index (χ1v) is 10.3. The zero-order valence-electron chi connectivity index (χ0n) is 17.6. The van der Waals surface area contributed by atoms with E-state index >= 15 is 0 Å². The van der Waals surface area contributed by atoms with Gasteiger partial charge in [-0.1, -0.05) is 60.7 Å². The van der Waals surface area contributed by atoms with Crippen LogP contribution in [0.15, 0.2) is 107 Å². The van der Waals surface area contributed by atoms with Crippen molar-refractivity contribution < 1.29 is 20.4 Å². The van der Waals surface area contributed by atoms with Gasteiger partial charge in [-0.2, -0.15) is 0 Å². The van der Waals surface area contributed by atoms with E-state index in [0.717, 1.165) is 11.1 Å². The van der Waals surface area contributed by atoms with Crippen LogP contribution in [0.2, 0.25) is 0 Å². The van der Waals surface area contributed by atoms with Gasteiger partial charge in [-0.25, -0.2) is 0 Å². The molecule has 6 heteroatoms. The van der Waals surface area contributed by atoms with Crippen molar-refractivity contribution in [3.05, 3.63) is 119 Å². The Morgan fingerprint density at radius 2 is 0.909 bits per heavy atom. The Bertz CT molecular complexity index is 1210. The van der Waals surface area contributed by atoms with Crippen LogP contribution in [0.5, 0.6) is 23.0 Å². The van der Waals surface area contributed by atoms with Crippen molar-refractivity contribution in [1.82, 2.24) is 0 Å². The summed E-state index contributed by atoms with van der Waals surface area (Å²) in [5.41, 5.74) is 3.51. The van der Waals surface area contributed by atoms with E-state index < -0.39 is 0 Å².